The number of piperidine rings is 1. The van der Waals surface area contributed by atoms with Crippen molar-refractivity contribution in [3.8, 4) is 0 Å². The molecule has 2 heterocycles. The normalized spacial score (nSPS) is 22.7. The van der Waals surface area contributed by atoms with Crippen LogP contribution in [0.5, 0.6) is 0 Å². The first-order chi connectivity index (χ1) is 14.0. The lowest BCUT2D eigenvalue weighted by molar-refractivity contribution is -0.126. The number of carbonyl (C=O) groups excluding carboxylic acids is 2. The monoisotopic (exact) mass is 414 g/mol. The molecular formula is C21H26N4O3S. The number of rotatable bonds is 4. The van der Waals surface area contributed by atoms with Crippen molar-refractivity contribution >= 4 is 23.5 Å². The number of ether oxygens (including phenoxy) is 1. The minimum absolute atomic E-state index is 0.0209. The number of hydrogen-bond acceptors (Lipinski definition) is 6. The number of methoxy groups -OCH3 is 1. The van der Waals surface area contributed by atoms with E-state index in [9.17, 15) is 9.59 Å². The molecule has 1 aromatic heterocycles. The van der Waals surface area contributed by atoms with E-state index in [1.54, 1.807) is 7.11 Å². The molecule has 1 saturated heterocycles. The second kappa shape index (κ2) is 7.84. The predicted molar refractivity (Wildman–Crippen MR) is 110 cm³/mol. The molecule has 1 aliphatic heterocycles. The molecule has 1 aliphatic carbocycles. The summed E-state index contributed by atoms with van der Waals surface area (Å²) in [6, 6.07) is 8.09. The first-order valence-electron chi connectivity index (χ1n) is 9.97. The maximum atomic E-state index is 12.7. The molecular weight excluding hydrogens is 388 g/mol. The van der Waals surface area contributed by atoms with Crippen LogP contribution in [0.3, 0.4) is 0 Å². The van der Waals surface area contributed by atoms with Crippen molar-refractivity contribution in [3.63, 3.8) is 0 Å². The number of nitrogens with one attached hydrogen (secondary N) is 1. The fraction of sp³-hybridized carbons (Fsp3) is 0.524. The van der Waals surface area contributed by atoms with Crippen LogP contribution in [0, 0.1) is 5.92 Å². The molecule has 2 atom stereocenters. The SMILES string of the molecule is CO[C@@H]1[C@@H](NC(=O)C(C)C)c2ccccc2C12CCN(C(=O)c1cnsn1)CC2. The smallest absolute Gasteiger partial charge is 0.275 e. The zero-order valence-electron chi connectivity index (χ0n) is 16.9. The van der Waals surface area contributed by atoms with Gasteiger partial charge in [0, 0.05) is 31.5 Å². The maximum absolute atomic E-state index is 12.7. The van der Waals surface area contributed by atoms with Gasteiger partial charge in [-0.3, -0.25) is 9.59 Å². The number of hydrogen-bond donors (Lipinski definition) is 1. The molecule has 0 unspecified atom stereocenters. The third-order valence-electron chi connectivity index (χ3n) is 6.28. The molecule has 0 saturated carbocycles. The molecule has 0 radical (unpaired) electrons. The minimum Gasteiger partial charge on any atom is -0.378 e. The van der Waals surface area contributed by atoms with Gasteiger partial charge in [0.2, 0.25) is 5.91 Å². The number of nitrogens with zero attached hydrogens (tertiary/aromatic N) is 3. The van der Waals surface area contributed by atoms with Crippen molar-refractivity contribution in [3.05, 3.63) is 47.3 Å². The van der Waals surface area contributed by atoms with Crippen molar-refractivity contribution in [2.24, 2.45) is 5.92 Å². The summed E-state index contributed by atoms with van der Waals surface area (Å²) >= 11 is 1.05. The fourth-order valence-electron chi connectivity index (χ4n) is 4.78. The maximum Gasteiger partial charge on any atom is 0.275 e. The highest BCUT2D eigenvalue weighted by Gasteiger charge is 2.54. The summed E-state index contributed by atoms with van der Waals surface area (Å²) in [4.78, 5) is 27.0. The Labute approximate surface area is 174 Å². The van der Waals surface area contributed by atoms with Crippen LogP contribution in [-0.2, 0) is 14.9 Å². The van der Waals surface area contributed by atoms with Crippen LogP contribution >= 0.6 is 11.7 Å². The highest BCUT2D eigenvalue weighted by atomic mass is 32.1. The molecule has 0 bridgehead atoms. The van der Waals surface area contributed by atoms with Gasteiger partial charge in [-0.1, -0.05) is 38.1 Å². The summed E-state index contributed by atoms with van der Waals surface area (Å²) < 4.78 is 14.0. The zero-order valence-corrected chi connectivity index (χ0v) is 17.7. The van der Waals surface area contributed by atoms with Gasteiger partial charge in [-0.25, -0.2) is 0 Å². The lowest BCUT2D eigenvalue weighted by Gasteiger charge is -2.44. The zero-order chi connectivity index (χ0) is 20.6. The molecule has 154 valence electrons. The average Bonchev–Trinajstić information content (AvgIpc) is 3.35. The van der Waals surface area contributed by atoms with Gasteiger partial charge in [0.25, 0.3) is 5.91 Å². The number of carbonyl (C=O) groups is 2. The molecule has 1 fully saturated rings. The summed E-state index contributed by atoms with van der Waals surface area (Å²) in [5, 5.41) is 3.20. The van der Waals surface area contributed by atoms with Gasteiger partial charge >= 0.3 is 0 Å². The first-order valence-corrected chi connectivity index (χ1v) is 10.7. The van der Waals surface area contributed by atoms with E-state index in [0.29, 0.717) is 18.8 Å². The molecule has 4 rings (SSSR count). The van der Waals surface area contributed by atoms with Crippen LogP contribution in [0.4, 0.5) is 0 Å². The molecule has 1 aromatic carbocycles. The molecule has 2 aromatic rings. The van der Waals surface area contributed by atoms with Crippen LogP contribution in [0.25, 0.3) is 0 Å². The van der Waals surface area contributed by atoms with Crippen LogP contribution in [0.1, 0.15) is 54.3 Å². The third kappa shape index (κ3) is 3.34. The lowest BCUT2D eigenvalue weighted by Crippen LogP contribution is -2.52. The summed E-state index contributed by atoms with van der Waals surface area (Å²) in [6.45, 7) is 5.03. The molecule has 2 amide bonds. The molecule has 7 nitrogen and oxygen atoms in total. The van der Waals surface area contributed by atoms with E-state index >= 15 is 0 Å². The largest absolute Gasteiger partial charge is 0.378 e. The van der Waals surface area contributed by atoms with E-state index in [4.69, 9.17) is 4.74 Å². The topological polar surface area (TPSA) is 84.4 Å². The van der Waals surface area contributed by atoms with Crippen LogP contribution in [-0.4, -0.2) is 51.8 Å². The van der Waals surface area contributed by atoms with Crippen molar-refractivity contribution in [1.82, 2.24) is 19.0 Å². The van der Waals surface area contributed by atoms with E-state index < -0.39 is 0 Å². The van der Waals surface area contributed by atoms with Crippen molar-refractivity contribution in [2.75, 3.05) is 20.2 Å². The van der Waals surface area contributed by atoms with Gasteiger partial charge in [-0.05, 0) is 24.0 Å². The average molecular weight is 415 g/mol. The Balaban J connectivity index is 1.61. The van der Waals surface area contributed by atoms with Crippen LogP contribution in [0.15, 0.2) is 30.5 Å². The summed E-state index contributed by atoms with van der Waals surface area (Å²) in [6.07, 6.45) is 2.91. The van der Waals surface area contributed by atoms with Crippen molar-refractivity contribution in [2.45, 2.75) is 44.2 Å². The fourth-order valence-corrected chi connectivity index (χ4v) is 5.18. The lowest BCUT2D eigenvalue weighted by atomic mass is 9.71. The first kappa shape index (κ1) is 20.0. The number of benzene rings is 1. The van der Waals surface area contributed by atoms with Gasteiger partial charge in [-0.15, -0.1) is 0 Å². The third-order valence-corrected chi connectivity index (χ3v) is 6.76. The highest BCUT2D eigenvalue weighted by Crippen LogP contribution is 2.52. The van der Waals surface area contributed by atoms with E-state index in [1.165, 1.54) is 11.8 Å². The van der Waals surface area contributed by atoms with E-state index in [-0.39, 0.29) is 35.3 Å². The number of aromatic nitrogens is 2. The predicted octanol–water partition coefficient (Wildman–Crippen LogP) is 2.55. The van der Waals surface area contributed by atoms with Gasteiger partial charge < -0.3 is 15.0 Å². The summed E-state index contributed by atoms with van der Waals surface area (Å²) in [5.74, 6) is -0.145. The van der Waals surface area contributed by atoms with E-state index in [1.807, 2.05) is 30.9 Å². The van der Waals surface area contributed by atoms with Gasteiger partial charge in [0.15, 0.2) is 5.69 Å². The minimum atomic E-state index is -0.225. The van der Waals surface area contributed by atoms with Gasteiger partial charge in [0.05, 0.1) is 30.1 Å². The highest BCUT2D eigenvalue weighted by molar-refractivity contribution is 6.99. The number of amides is 2. The quantitative estimate of drug-likeness (QED) is 0.831. The van der Waals surface area contributed by atoms with Crippen molar-refractivity contribution < 1.29 is 14.3 Å². The Hall–Kier alpha value is -2.32. The second-order valence-electron chi connectivity index (χ2n) is 8.13. The standard InChI is InChI=1S/C21H26N4O3S/c1-13(2)19(26)23-17-14-6-4-5-7-15(14)21(18(17)28-3)8-10-25(11-9-21)20(27)16-12-22-29-24-16/h4-7,12-13,17-18H,8-11H2,1-3H3,(H,23,26)/t17-,18+/m0/s1. The van der Waals surface area contributed by atoms with Crippen LogP contribution < -0.4 is 5.32 Å². The van der Waals surface area contributed by atoms with Crippen molar-refractivity contribution in [1.29, 1.82) is 0 Å². The van der Waals surface area contributed by atoms with Gasteiger partial charge in [-0.2, -0.15) is 8.75 Å². The Morgan fingerprint density at radius 3 is 2.62 bits per heavy atom. The Morgan fingerprint density at radius 1 is 1.28 bits per heavy atom. The summed E-state index contributed by atoms with van der Waals surface area (Å²) in [5.41, 5.74) is 2.53. The number of likely N-dealkylation sites (tertiary alicyclic amines) is 1. The summed E-state index contributed by atoms with van der Waals surface area (Å²) in [7, 11) is 1.71. The van der Waals surface area contributed by atoms with E-state index in [2.05, 4.69) is 26.2 Å². The Kier molecular flexibility index (Phi) is 5.40. The molecule has 29 heavy (non-hydrogen) atoms. The van der Waals surface area contributed by atoms with Crippen LogP contribution in [0.2, 0.25) is 0 Å². The van der Waals surface area contributed by atoms with E-state index in [0.717, 1.165) is 30.1 Å². The molecule has 1 N–H and O–H groups in total. The molecule has 2 aliphatic rings. The number of fused-ring (bicyclic) bond motifs is 2. The Bertz CT molecular complexity index is 891. The second-order valence-corrected chi connectivity index (χ2v) is 8.68. The van der Waals surface area contributed by atoms with Gasteiger partial charge in [0.1, 0.15) is 0 Å². The molecule has 8 heteroatoms. The molecule has 1 spiro atoms. The Morgan fingerprint density at radius 2 is 2.00 bits per heavy atom.